The predicted octanol–water partition coefficient (Wildman–Crippen LogP) is 3.40. The van der Waals surface area contributed by atoms with Gasteiger partial charge in [0.25, 0.3) is 0 Å². The second kappa shape index (κ2) is 9.99. The normalized spacial score (nSPS) is 10.9. The molecule has 152 valence electrons. The van der Waals surface area contributed by atoms with E-state index in [1.807, 2.05) is 11.9 Å². The topological polar surface area (TPSA) is 72.3 Å². The van der Waals surface area contributed by atoms with Crippen molar-refractivity contribution in [2.45, 2.75) is 6.42 Å². The van der Waals surface area contributed by atoms with Crippen LogP contribution in [0.2, 0.25) is 5.02 Å². The van der Waals surface area contributed by atoms with Crippen LogP contribution in [0, 0.1) is 5.82 Å². The summed E-state index contributed by atoms with van der Waals surface area (Å²) in [6.45, 7) is 1.35. The van der Waals surface area contributed by atoms with Gasteiger partial charge >= 0.3 is 0 Å². The van der Waals surface area contributed by atoms with Gasteiger partial charge in [-0.2, -0.15) is 5.10 Å². The molecule has 0 aliphatic carbocycles. The molecule has 0 aliphatic rings. The molecule has 0 spiro atoms. The van der Waals surface area contributed by atoms with E-state index < -0.39 is 0 Å². The van der Waals surface area contributed by atoms with Gasteiger partial charge in [-0.1, -0.05) is 11.6 Å². The average Bonchev–Trinajstić information content (AvgIpc) is 3.21. The smallest absolute Gasteiger partial charge is 0.238 e. The number of aromatic nitrogens is 3. The summed E-state index contributed by atoms with van der Waals surface area (Å²) in [6.07, 6.45) is 3.69. The lowest BCUT2D eigenvalue weighted by Crippen LogP contribution is -2.31. The van der Waals surface area contributed by atoms with Crippen LogP contribution < -0.4 is 10.1 Å². The monoisotopic (exact) mass is 417 g/mol. The number of hydrogen-bond acceptors (Lipinski definition) is 5. The third kappa shape index (κ3) is 6.27. The van der Waals surface area contributed by atoms with E-state index in [0.29, 0.717) is 35.3 Å². The van der Waals surface area contributed by atoms with E-state index in [0.717, 1.165) is 6.42 Å². The summed E-state index contributed by atoms with van der Waals surface area (Å²) >= 11 is 6.07. The van der Waals surface area contributed by atoms with Crippen molar-refractivity contribution in [3.8, 4) is 11.4 Å². The first-order valence-electron chi connectivity index (χ1n) is 9.02. The van der Waals surface area contributed by atoms with Crippen LogP contribution >= 0.6 is 11.6 Å². The van der Waals surface area contributed by atoms with E-state index in [9.17, 15) is 9.18 Å². The van der Waals surface area contributed by atoms with Crippen molar-refractivity contribution in [2.75, 3.05) is 32.1 Å². The molecule has 1 aromatic heterocycles. The molecule has 0 saturated heterocycles. The number of rotatable bonds is 9. The summed E-state index contributed by atoms with van der Waals surface area (Å²) in [5.74, 6) is 0.152. The number of benzene rings is 2. The van der Waals surface area contributed by atoms with E-state index in [4.69, 9.17) is 16.3 Å². The number of carbonyl (C=O) groups is 1. The Morgan fingerprint density at radius 2 is 2.07 bits per heavy atom. The largest absolute Gasteiger partial charge is 0.494 e. The van der Waals surface area contributed by atoms with Crippen LogP contribution in [0.15, 0.2) is 55.1 Å². The van der Waals surface area contributed by atoms with Crippen molar-refractivity contribution in [1.29, 1.82) is 0 Å². The zero-order valence-electron chi connectivity index (χ0n) is 15.9. The summed E-state index contributed by atoms with van der Waals surface area (Å²) in [6, 6.07) is 11.1. The molecule has 2 aromatic carbocycles. The van der Waals surface area contributed by atoms with Crippen LogP contribution in [-0.4, -0.2) is 52.3 Å². The summed E-state index contributed by atoms with van der Waals surface area (Å²) in [7, 11) is 1.85. The molecule has 0 radical (unpaired) electrons. The number of ether oxygens (including phenoxy) is 1. The van der Waals surface area contributed by atoms with Crippen molar-refractivity contribution in [2.24, 2.45) is 0 Å². The molecule has 3 aromatic rings. The highest BCUT2D eigenvalue weighted by molar-refractivity contribution is 6.31. The van der Waals surface area contributed by atoms with Gasteiger partial charge in [-0.3, -0.25) is 9.69 Å². The first-order chi connectivity index (χ1) is 14.0. The quantitative estimate of drug-likeness (QED) is 0.540. The Kier molecular flexibility index (Phi) is 7.15. The van der Waals surface area contributed by atoms with Crippen molar-refractivity contribution < 1.29 is 13.9 Å². The highest BCUT2D eigenvalue weighted by atomic mass is 35.5. The maximum Gasteiger partial charge on any atom is 0.238 e. The highest BCUT2D eigenvalue weighted by Gasteiger charge is 2.12. The molecule has 1 amide bonds. The molecule has 0 saturated carbocycles. The minimum atomic E-state index is -0.297. The molecule has 1 heterocycles. The van der Waals surface area contributed by atoms with Gasteiger partial charge in [0.1, 0.15) is 24.2 Å². The Morgan fingerprint density at radius 3 is 2.79 bits per heavy atom. The number of hydrogen-bond donors (Lipinski definition) is 1. The third-order valence-electron chi connectivity index (χ3n) is 4.08. The Balaban J connectivity index is 1.47. The van der Waals surface area contributed by atoms with Crippen molar-refractivity contribution in [3.05, 3.63) is 66.0 Å². The molecule has 9 heteroatoms. The summed E-state index contributed by atoms with van der Waals surface area (Å²) in [5.41, 5.74) is 1.23. The van der Waals surface area contributed by atoms with Crippen molar-refractivity contribution >= 4 is 23.2 Å². The Hall–Kier alpha value is -2.97. The van der Waals surface area contributed by atoms with Gasteiger partial charge in [0.05, 0.1) is 24.5 Å². The van der Waals surface area contributed by atoms with Crippen LogP contribution in [0.5, 0.6) is 5.75 Å². The van der Waals surface area contributed by atoms with E-state index in [1.165, 1.54) is 18.5 Å². The average molecular weight is 418 g/mol. The highest BCUT2D eigenvalue weighted by Crippen LogP contribution is 2.23. The fourth-order valence-corrected chi connectivity index (χ4v) is 2.88. The second-order valence-corrected chi connectivity index (χ2v) is 6.88. The minimum absolute atomic E-state index is 0.171. The van der Waals surface area contributed by atoms with Gasteiger partial charge in [0, 0.05) is 11.6 Å². The van der Waals surface area contributed by atoms with Crippen LogP contribution in [-0.2, 0) is 4.79 Å². The van der Waals surface area contributed by atoms with Gasteiger partial charge < -0.3 is 10.1 Å². The number of amides is 1. The second-order valence-electron chi connectivity index (χ2n) is 6.44. The molecule has 0 aliphatic heterocycles. The molecule has 0 fully saturated rings. The number of carbonyl (C=O) groups excluding carboxylic acids is 1. The fourth-order valence-electron chi connectivity index (χ4n) is 2.71. The van der Waals surface area contributed by atoms with E-state index in [-0.39, 0.29) is 18.3 Å². The van der Waals surface area contributed by atoms with Gasteiger partial charge in [-0.15, -0.1) is 0 Å². The number of nitrogens with one attached hydrogen (secondary N) is 1. The minimum Gasteiger partial charge on any atom is -0.494 e. The van der Waals surface area contributed by atoms with Crippen molar-refractivity contribution in [3.63, 3.8) is 0 Å². The summed E-state index contributed by atoms with van der Waals surface area (Å²) < 4.78 is 20.0. The van der Waals surface area contributed by atoms with Crippen LogP contribution in [0.25, 0.3) is 5.69 Å². The van der Waals surface area contributed by atoms with E-state index in [1.54, 1.807) is 41.3 Å². The molecular formula is C20H21ClFN5O2. The van der Waals surface area contributed by atoms with Crippen LogP contribution in [0.4, 0.5) is 10.1 Å². The van der Waals surface area contributed by atoms with Crippen LogP contribution in [0.3, 0.4) is 0 Å². The lowest BCUT2D eigenvalue weighted by molar-refractivity contribution is -0.117. The SMILES string of the molecule is CN(CCCOc1ccc(F)cc1)CC(=O)Nc1cc(Cl)ccc1-n1cncn1. The summed E-state index contributed by atoms with van der Waals surface area (Å²) in [4.78, 5) is 18.3. The zero-order valence-corrected chi connectivity index (χ0v) is 16.6. The van der Waals surface area contributed by atoms with Gasteiger partial charge in [0.2, 0.25) is 5.91 Å². The number of nitrogens with zero attached hydrogens (tertiary/aromatic N) is 4. The Bertz CT molecular complexity index is 935. The predicted molar refractivity (Wildman–Crippen MR) is 109 cm³/mol. The lowest BCUT2D eigenvalue weighted by Gasteiger charge is -2.17. The first-order valence-corrected chi connectivity index (χ1v) is 9.40. The third-order valence-corrected chi connectivity index (χ3v) is 4.31. The molecule has 0 atom stereocenters. The van der Waals surface area contributed by atoms with E-state index in [2.05, 4.69) is 15.4 Å². The molecule has 29 heavy (non-hydrogen) atoms. The van der Waals surface area contributed by atoms with Gasteiger partial charge in [0.15, 0.2) is 0 Å². The van der Waals surface area contributed by atoms with Crippen LogP contribution in [0.1, 0.15) is 6.42 Å². The molecule has 3 rings (SSSR count). The van der Waals surface area contributed by atoms with Gasteiger partial charge in [-0.25, -0.2) is 14.1 Å². The molecule has 1 N–H and O–H groups in total. The number of likely N-dealkylation sites (N-methyl/N-ethyl adjacent to an activating group) is 1. The molecule has 0 unspecified atom stereocenters. The zero-order chi connectivity index (χ0) is 20.6. The fraction of sp³-hybridized carbons (Fsp3) is 0.250. The summed E-state index contributed by atoms with van der Waals surface area (Å²) in [5, 5.41) is 7.47. The standard InChI is InChI=1S/C20H21ClFN5O2/c1-26(9-2-10-29-17-6-4-16(22)5-7-17)12-20(28)25-18-11-15(21)3-8-19(18)27-14-23-13-24-27/h3-8,11,13-14H,2,9-10,12H2,1H3,(H,25,28). The number of anilines is 1. The molecule has 0 bridgehead atoms. The lowest BCUT2D eigenvalue weighted by atomic mass is 10.2. The maximum absolute atomic E-state index is 12.9. The first kappa shape index (κ1) is 20.8. The Morgan fingerprint density at radius 1 is 1.28 bits per heavy atom. The molecular weight excluding hydrogens is 397 g/mol. The van der Waals surface area contributed by atoms with Gasteiger partial charge in [-0.05, 0) is 55.9 Å². The van der Waals surface area contributed by atoms with Crippen molar-refractivity contribution in [1.82, 2.24) is 19.7 Å². The van der Waals surface area contributed by atoms with E-state index >= 15 is 0 Å². The maximum atomic E-state index is 12.9. The molecule has 7 nitrogen and oxygen atoms in total. The number of halogens is 2. The Labute approximate surface area is 173 Å².